The Morgan fingerprint density at radius 2 is 1.25 bits per heavy atom. The standard InChI is InChI=1S/Eu.Ge.OS/c;;1-2. The molecule has 0 fully saturated rings. The Kier molecular flexibility index (Phi) is 78.9. The third-order valence-corrected chi connectivity index (χ3v) is 0. The van der Waals surface area contributed by atoms with Crippen LogP contribution in [0.25, 0.3) is 0 Å². The van der Waals surface area contributed by atoms with Crippen molar-refractivity contribution in [1.29, 1.82) is 0 Å². The molecule has 0 saturated heterocycles. The summed E-state index contributed by atoms with van der Waals surface area (Å²) in [5.74, 6) is 0. The van der Waals surface area contributed by atoms with E-state index in [2.05, 4.69) is 12.5 Å². The quantitative estimate of drug-likeness (QED) is 0.542. The molecule has 0 unspecified atom stereocenters. The molecule has 5 radical (unpaired) electrons. The first-order valence-corrected chi connectivity index (χ1v) is 0.500. The molecule has 0 N–H and O–H groups in total. The van der Waals surface area contributed by atoms with Crippen LogP contribution in [0.1, 0.15) is 0 Å². The minimum Gasteiger partial charge on any atom is -0.197 e. The maximum atomic E-state index is 7.83. The first-order valence-electron chi connectivity index (χ1n) is 0.167. The van der Waals surface area contributed by atoms with E-state index in [0.717, 1.165) is 0 Å². The zero-order chi connectivity index (χ0) is 2.00. The summed E-state index contributed by atoms with van der Waals surface area (Å²) in [6.45, 7) is 0. The van der Waals surface area contributed by atoms with Crippen molar-refractivity contribution in [2.75, 3.05) is 0 Å². The van der Waals surface area contributed by atoms with Gasteiger partial charge < -0.3 is 0 Å². The molecule has 0 saturated carbocycles. The van der Waals surface area contributed by atoms with Crippen LogP contribution in [0.5, 0.6) is 0 Å². The van der Waals surface area contributed by atoms with E-state index < -0.39 is 0 Å². The number of hydrogen-bond acceptors (Lipinski definition) is 2. The van der Waals surface area contributed by atoms with Gasteiger partial charge in [0.1, 0.15) is 0 Å². The van der Waals surface area contributed by atoms with E-state index in [4.69, 9.17) is 4.21 Å². The van der Waals surface area contributed by atoms with E-state index >= 15 is 0 Å². The van der Waals surface area contributed by atoms with Crippen LogP contribution in [0.4, 0.5) is 0 Å². The summed E-state index contributed by atoms with van der Waals surface area (Å²) in [4.78, 5) is 0. The second-order valence-electron chi connectivity index (χ2n) is 0. The molecule has 0 aromatic carbocycles. The Balaban J connectivity index is -0.00000000500. The van der Waals surface area contributed by atoms with Gasteiger partial charge in [-0.1, -0.05) is 0 Å². The number of rotatable bonds is 0. The van der Waals surface area contributed by atoms with Gasteiger partial charge in [0.2, 0.25) is 0 Å². The zero-order valence-electron chi connectivity index (χ0n) is 1.69. The molecule has 0 aliphatic rings. The average Bonchev–Trinajstić information content (AvgIpc) is 1.00. The fourth-order valence-corrected chi connectivity index (χ4v) is 0. The van der Waals surface area contributed by atoms with Gasteiger partial charge in [-0.15, -0.1) is 0 Å². The van der Waals surface area contributed by atoms with Gasteiger partial charge in [0.15, 0.2) is 12.5 Å². The van der Waals surface area contributed by atoms with E-state index in [0.29, 0.717) is 0 Å². The van der Waals surface area contributed by atoms with Crippen LogP contribution in [-0.2, 0) is 12.5 Å². The third-order valence-electron chi connectivity index (χ3n) is 0. The van der Waals surface area contributed by atoms with Crippen molar-refractivity contribution < 1.29 is 53.6 Å². The van der Waals surface area contributed by atoms with Crippen LogP contribution in [0.15, 0.2) is 0 Å². The zero-order valence-corrected chi connectivity index (χ0v) is 7.03. The molecule has 0 rings (SSSR count). The van der Waals surface area contributed by atoms with Gasteiger partial charge in [0.25, 0.3) is 0 Å². The fraction of sp³-hybridized carbons (Fsp3) is 0. The van der Waals surface area contributed by atoms with Crippen LogP contribution in [0.2, 0.25) is 0 Å². The summed E-state index contributed by atoms with van der Waals surface area (Å²) in [6, 6.07) is 0. The Hall–Kier alpha value is 2.15. The van der Waals surface area contributed by atoms with Gasteiger partial charge in [-0.3, -0.25) is 0 Å². The van der Waals surface area contributed by atoms with Gasteiger partial charge >= 0.3 is 0 Å². The van der Waals surface area contributed by atoms with Crippen molar-refractivity contribution in [3.63, 3.8) is 0 Å². The van der Waals surface area contributed by atoms with Crippen molar-refractivity contribution in [3.8, 4) is 0 Å². The largest absolute Gasteiger partial charge is 0.197 e. The molecule has 0 aromatic heterocycles. The maximum absolute atomic E-state index is 7.83. The molecule has 0 amide bonds. The minimum atomic E-state index is 0. The van der Waals surface area contributed by atoms with E-state index in [1.54, 1.807) is 0 Å². The van der Waals surface area contributed by atoms with Crippen molar-refractivity contribution in [2.24, 2.45) is 0 Å². The predicted molar refractivity (Wildman–Crippen MR) is 13.9 cm³/mol. The second kappa shape index (κ2) is 19.2. The van der Waals surface area contributed by atoms with E-state index in [1.165, 1.54) is 0 Å². The molecule has 23 valence electrons. The Morgan fingerprint density at radius 1 is 1.25 bits per heavy atom. The van der Waals surface area contributed by atoms with Crippen LogP contribution in [0.3, 0.4) is 0 Å². The average molecular weight is 273 g/mol. The molecule has 0 spiro atoms. The van der Waals surface area contributed by atoms with Gasteiger partial charge in [-0.05, 0) is 0 Å². The normalized spacial score (nSPS) is 1.00. The van der Waals surface area contributed by atoms with Gasteiger partial charge in [0.05, 0.1) is 0 Å². The first-order chi connectivity index (χ1) is 1.00. The fourth-order valence-electron chi connectivity index (χ4n) is 0. The maximum Gasteiger partial charge on any atom is 0.197 e. The van der Waals surface area contributed by atoms with Gasteiger partial charge in [-0.25, -0.2) is 0 Å². The van der Waals surface area contributed by atoms with Crippen molar-refractivity contribution in [2.45, 2.75) is 0 Å². The van der Waals surface area contributed by atoms with Gasteiger partial charge in [0, 0.05) is 67.0 Å². The summed E-state index contributed by atoms with van der Waals surface area (Å²) in [7, 11) is 0. The SMILES string of the molecule is O=S.[Eu].[Ge]. The molecule has 0 aliphatic heterocycles. The number of hydrogen-bond donors (Lipinski definition) is 0. The van der Waals surface area contributed by atoms with Crippen LogP contribution in [-0.4, -0.2) is 21.8 Å². The van der Waals surface area contributed by atoms with Crippen molar-refractivity contribution in [1.82, 2.24) is 0 Å². The Morgan fingerprint density at radius 3 is 1.25 bits per heavy atom. The molecule has 0 bridgehead atoms. The van der Waals surface area contributed by atoms with E-state index in [-0.39, 0.29) is 67.0 Å². The molecular weight excluding hydrogens is 273 g/mol. The van der Waals surface area contributed by atoms with Crippen LogP contribution < -0.4 is 0 Å². The molecule has 0 heterocycles. The van der Waals surface area contributed by atoms with E-state index in [9.17, 15) is 0 Å². The summed E-state index contributed by atoms with van der Waals surface area (Å²) < 4.78 is 7.83. The van der Waals surface area contributed by atoms with Gasteiger partial charge in [-0.2, -0.15) is 4.21 Å². The molecule has 0 atom stereocenters. The smallest absolute Gasteiger partial charge is 0.197 e. The third kappa shape index (κ3) is 8.91. The van der Waals surface area contributed by atoms with Crippen LogP contribution >= 0.6 is 0 Å². The molecule has 4 heavy (non-hydrogen) atoms. The summed E-state index contributed by atoms with van der Waals surface area (Å²) >= 11 is 2.83. The van der Waals surface area contributed by atoms with E-state index in [1.807, 2.05) is 0 Å². The molecular formula is EuGeOS. The van der Waals surface area contributed by atoms with Crippen molar-refractivity contribution >= 4 is 30.1 Å². The second-order valence-corrected chi connectivity index (χ2v) is 0. The van der Waals surface area contributed by atoms with Crippen molar-refractivity contribution in [3.05, 3.63) is 0 Å². The molecule has 0 aliphatic carbocycles. The Labute approximate surface area is 82.0 Å². The molecule has 1 nitrogen and oxygen atoms in total. The summed E-state index contributed by atoms with van der Waals surface area (Å²) in [6.07, 6.45) is 0. The summed E-state index contributed by atoms with van der Waals surface area (Å²) in [5.41, 5.74) is 0. The predicted octanol–water partition coefficient (Wildman–Crippen LogP) is -0.717. The van der Waals surface area contributed by atoms with Crippen LogP contribution in [0, 0.1) is 49.4 Å². The summed E-state index contributed by atoms with van der Waals surface area (Å²) in [5, 5.41) is 0. The first kappa shape index (κ1) is 16.4. The monoisotopic (exact) mass is 275 g/mol. The minimum absolute atomic E-state index is 0. The Bertz CT molecular complexity index is 8.00. The molecule has 0 aromatic rings. The molecule has 4 heteroatoms. The topological polar surface area (TPSA) is 17.1 Å².